The van der Waals surface area contributed by atoms with Crippen LogP contribution in [0.3, 0.4) is 0 Å². The Morgan fingerprint density at radius 1 is 1.00 bits per heavy atom. The molecule has 3 aliphatic rings. The number of nitrogens with two attached hydrogens (primary N) is 1. The molecule has 3 rings (SSSR count). The van der Waals surface area contributed by atoms with Crippen LogP contribution >= 0.6 is 0 Å². The fourth-order valence-corrected chi connectivity index (χ4v) is 4.10. The third-order valence-corrected chi connectivity index (χ3v) is 5.58. The van der Waals surface area contributed by atoms with Crippen molar-refractivity contribution in [2.24, 2.45) is 11.7 Å². The Kier molecular flexibility index (Phi) is 3.65. The molecule has 4 nitrogen and oxygen atoms in total. The lowest BCUT2D eigenvalue weighted by Gasteiger charge is -2.38. The smallest absolute Gasteiger partial charge is 0.0788 e. The van der Waals surface area contributed by atoms with Crippen LogP contribution in [0.25, 0.3) is 0 Å². The second-order valence-corrected chi connectivity index (χ2v) is 8.01. The molecule has 116 valence electrons. The lowest BCUT2D eigenvalue weighted by molar-refractivity contribution is -0.0791. The second kappa shape index (κ2) is 4.94. The van der Waals surface area contributed by atoms with Gasteiger partial charge in [-0.3, -0.25) is 4.90 Å². The first-order valence-electron chi connectivity index (χ1n) is 8.22. The first-order chi connectivity index (χ1) is 9.29. The predicted octanol–water partition coefficient (Wildman–Crippen LogP) is 1.30. The molecule has 1 saturated carbocycles. The largest absolute Gasteiger partial charge is 0.368 e. The Morgan fingerprint density at radius 2 is 1.60 bits per heavy atom. The molecule has 2 aliphatic heterocycles. The summed E-state index contributed by atoms with van der Waals surface area (Å²) in [5, 5.41) is 0. The van der Waals surface area contributed by atoms with E-state index < -0.39 is 0 Å². The fraction of sp³-hybridized carbons (Fsp3) is 1.00. The average molecular weight is 281 g/mol. The van der Waals surface area contributed by atoms with Gasteiger partial charge in [-0.25, -0.2) is 0 Å². The van der Waals surface area contributed by atoms with Gasteiger partial charge in [0.2, 0.25) is 0 Å². The molecule has 20 heavy (non-hydrogen) atoms. The highest BCUT2D eigenvalue weighted by Crippen LogP contribution is 2.41. The maximum atomic E-state index is 6.47. The van der Waals surface area contributed by atoms with Gasteiger partial charge in [0.1, 0.15) is 0 Å². The molecule has 0 aromatic carbocycles. The van der Waals surface area contributed by atoms with Gasteiger partial charge in [0.15, 0.2) is 0 Å². The summed E-state index contributed by atoms with van der Waals surface area (Å²) in [5.41, 5.74) is 6.15. The first kappa shape index (κ1) is 14.8. The van der Waals surface area contributed by atoms with E-state index in [1.54, 1.807) is 0 Å². The van der Waals surface area contributed by atoms with Crippen LogP contribution in [0.4, 0.5) is 0 Å². The zero-order valence-electron chi connectivity index (χ0n) is 13.6. The second-order valence-electron chi connectivity index (χ2n) is 8.01. The summed E-state index contributed by atoms with van der Waals surface area (Å²) in [4.78, 5) is 5.26. The van der Waals surface area contributed by atoms with Crippen LogP contribution in [-0.2, 0) is 4.74 Å². The highest BCUT2D eigenvalue weighted by atomic mass is 16.5. The number of piperazine rings is 1. The predicted molar refractivity (Wildman–Crippen MR) is 81.7 cm³/mol. The molecule has 0 radical (unpaired) electrons. The third-order valence-electron chi connectivity index (χ3n) is 5.58. The molecule has 0 bridgehead atoms. The lowest BCUT2D eigenvalue weighted by Crippen LogP contribution is -2.53. The summed E-state index contributed by atoms with van der Waals surface area (Å²) in [5.74, 6) is 0.421. The van der Waals surface area contributed by atoms with E-state index in [2.05, 4.69) is 37.5 Å². The van der Waals surface area contributed by atoms with E-state index in [1.807, 2.05) is 0 Å². The van der Waals surface area contributed by atoms with Gasteiger partial charge >= 0.3 is 0 Å². The molecule has 2 N–H and O–H groups in total. The lowest BCUT2D eigenvalue weighted by atomic mass is 9.82. The van der Waals surface area contributed by atoms with Crippen molar-refractivity contribution in [3.63, 3.8) is 0 Å². The van der Waals surface area contributed by atoms with Gasteiger partial charge in [-0.15, -0.1) is 0 Å². The van der Waals surface area contributed by atoms with Gasteiger partial charge in [-0.1, -0.05) is 0 Å². The molecule has 0 aromatic heterocycles. The minimum Gasteiger partial charge on any atom is -0.368 e. The normalized spacial score (nSPS) is 38.2. The van der Waals surface area contributed by atoms with E-state index in [0.29, 0.717) is 5.92 Å². The van der Waals surface area contributed by atoms with Crippen LogP contribution in [0.1, 0.15) is 40.5 Å². The maximum Gasteiger partial charge on any atom is 0.0788 e. The fourth-order valence-electron chi connectivity index (χ4n) is 4.10. The van der Waals surface area contributed by atoms with Crippen molar-refractivity contribution in [2.75, 3.05) is 32.7 Å². The number of ether oxygens (including phenoxy) is 1. The van der Waals surface area contributed by atoms with Crippen molar-refractivity contribution in [1.29, 1.82) is 0 Å². The van der Waals surface area contributed by atoms with Crippen molar-refractivity contribution in [3.05, 3.63) is 0 Å². The minimum absolute atomic E-state index is 0.115. The highest BCUT2D eigenvalue weighted by Gasteiger charge is 2.52. The Hall–Kier alpha value is -0.160. The van der Waals surface area contributed by atoms with Crippen LogP contribution in [0, 0.1) is 5.92 Å². The van der Waals surface area contributed by atoms with Crippen LogP contribution in [-0.4, -0.2) is 65.8 Å². The molecule has 2 heterocycles. The average Bonchev–Trinajstić information content (AvgIpc) is 3.16. The molecule has 2 atom stereocenters. The van der Waals surface area contributed by atoms with Gasteiger partial charge in [0.25, 0.3) is 0 Å². The van der Waals surface area contributed by atoms with Crippen molar-refractivity contribution in [2.45, 2.75) is 63.8 Å². The molecular weight excluding hydrogens is 250 g/mol. The van der Waals surface area contributed by atoms with Gasteiger partial charge in [0.05, 0.1) is 11.2 Å². The van der Waals surface area contributed by atoms with E-state index in [4.69, 9.17) is 10.5 Å². The topological polar surface area (TPSA) is 41.7 Å². The van der Waals surface area contributed by atoms with Crippen LogP contribution in [0.2, 0.25) is 0 Å². The molecule has 0 amide bonds. The zero-order valence-corrected chi connectivity index (χ0v) is 13.6. The standard InChI is InChI=1S/C16H31N3O/c1-15(2)13(14(17)16(3,4)20-15)11-18-7-9-19(10-8-18)12-5-6-12/h12-14H,5-11,17H2,1-4H3. The number of hydrogen-bond donors (Lipinski definition) is 1. The van der Waals surface area contributed by atoms with Gasteiger partial charge < -0.3 is 15.4 Å². The van der Waals surface area contributed by atoms with Gasteiger partial charge in [0, 0.05) is 50.7 Å². The maximum absolute atomic E-state index is 6.47. The van der Waals surface area contributed by atoms with Crippen LogP contribution < -0.4 is 5.73 Å². The SMILES string of the molecule is CC1(C)OC(C)(C)C(CN2CCN(C3CC3)CC2)C1N. The molecule has 1 aliphatic carbocycles. The Balaban J connectivity index is 1.57. The van der Waals surface area contributed by atoms with Gasteiger partial charge in [-0.2, -0.15) is 0 Å². The summed E-state index contributed by atoms with van der Waals surface area (Å²) in [6.45, 7) is 14.6. The summed E-state index contributed by atoms with van der Waals surface area (Å²) in [6, 6.07) is 1.03. The molecule has 3 fully saturated rings. The van der Waals surface area contributed by atoms with E-state index in [9.17, 15) is 0 Å². The zero-order chi connectivity index (χ0) is 14.5. The van der Waals surface area contributed by atoms with E-state index >= 15 is 0 Å². The van der Waals surface area contributed by atoms with Crippen molar-refractivity contribution < 1.29 is 4.74 Å². The Bertz CT molecular complexity index is 357. The van der Waals surface area contributed by atoms with Crippen LogP contribution in [0.15, 0.2) is 0 Å². The summed E-state index contributed by atoms with van der Waals surface area (Å²) < 4.78 is 6.21. The molecule has 2 saturated heterocycles. The summed E-state index contributed by atoms with van der Waals surface area (Å²) in [6.07, 6.45) is 2.84. The highest BCUT2D eigenvalue weighted by molar-refractivity contribution is 5.05. The van der Waals surface area contributed by atoms with Crippen molar-refractivity contribution in [1.82, 2.24) is 9.80 Å². The molecule has 0 aromatic rings. The molecule has 0 spiro atoms. The number of rotatable bonds is 3. The van der Waals surface area contributed by atoms with E-state index in [1.165, 1.54) is 39.0 Å². The number of hydrogen-bond acceptors (Lipinski definition) is 4. The van der Waals surface area contributed by atoms with Crippen molar-refractivity contribution >= 4 is 0 Å². The quantitative estimate of drug-likeness (QED) is 0.846. The Labute approximate surface area is 123 Å². The number of nitrogens with zero attached hydrogens (tertiary/aromatic N) is 2. The molecule has 2 unspecified atom stereocenters. The first-order valence-corrected chi connectivity index (χ1v) is 8.22. The molecule has 4 heteroatoms. The van der Waals surface area contributed by atoms with E-state index in [0.717, 1.165) is 12.6 Å². The third kappa shape index (κ3) is 2.76. The van der Waals surface area contributed by atoms with Gasteiger partial charge in [-0.05, 0) is 40.5 Å². The van der Waals surface area contributed by atoms with Crippen molar-refractivity contribution in [3.8, 4) is 0 Å². The monoisotopic (exact) mass is 281 g/mol. The van der Waals surface area contributed by atoms with E-state index in [-0.39, 0.29) is 17.2 Å². The molecular formula is C16H31N3O. The van der Waals surface area contributed by atoms with Crippen LogP contribution in [0.5, 0.6) is 0 Å². The minimum atomic E-state index is -0.204. The Morgan fingerprint density at radius 3 is 2.05 bits per heavy atom. The summed E-state index contributed by atoms with van der Waals surface area (Å²) >= 11 is 0. The summed E-state index contributed by atoms with van der Waals surface area (Å²) in [7, 11) is 0.